The van der Waals surface area contributed by atoms with Crippen LogP contribution in [0.1, 0.15) is 16.2 Å². The minimum Gasteiger partial charge on any atom is -0.399 e. The van der Waals surface area contributed by atoms with Crippen LogP contribution in [0.2, 0.25) is 0 Å². The molecule has 1 aromatic heterocycles. The Morgan fingerprint density at radius 1 is 1.11 bits per heavy atom. The summed E-state index contributed by atoms with van der Waals surface area (Å²) in [5.41, 5.74) is 9.04. The Morgan fingerprint density at radius 3 is 2.52 bits per heavy atom. The van der Waals surface area contributed by atoms with Gasteiger partial charge >= 0.3 is 0 Å². The van der Waals surface area contributed by atoms with Crippen molar-refractivity contribution in [2.24, 2.45) is 7.05 Å². The molecular formula is C20H22FN5O. The number of amides is 1. The van der Waals surface area contributed by atoms with Crippen LogP contribution < -0.4 is 5.73 Å². The summed E-state index contributed by atoms with van der Waals surface area (Å²) in [6.07, 6.45) is 0. The lowest BCUT2D eigenvalue weighted by Crippen LogP contribution is -2.48. The van der Waals surface area contributed by atoms with E-state index in [0.717, 1.165) is 36.5 Å². The third kappa shape index (κ3) is 3.50. The fraction of sp³-hybridized carbons (Fsp3) is 0.300. The van der Waals surface area contributed by atoms with Gasteiger partial charge in [0.1, 0.15) is 11.6 Å². The maximum absolute atomic E-state index is 13.0. The van der Waals surface area contributed by atoms with Gasteiger partial charge in [-0.25, -0.2) is 9.37 Å². The molecule has 1 amide bonds. The van der Waals surface area contributed by atoms with E-state index in [1.807, 2.05) is 30.1 Å². The van der Waals surface area contributed by atoms with Gasteiger partial charge in [0, 0.05) is 44.5 Å². The first-order valence-electron chi connectivity index (χ1n) is 8.99. The number of piperazine rings is 1. The van der Waals surface area contributed by atoms with Gasteiger partial charge in [0.05, 0.1) is 17.6 Å². The van der Waals surface area contributed by atoms with E-state index in [2.05, 4.69) is 9.47 Å². The fourth-order valence-electron chi connectivity index (χ4n) is 3.49. The third-order valence-electron chi connectivity index (χ3n) is 5.11. The molecule has 0 aliphatic carbocycles. The predicted octanol–water partition coefficient (Wildman–Crippen LogP) is 2.25. The van der Waals surface area contributed by atoms with Crippen LogP contribution in [0, 0.1) is 5.82 Å². The van der Waals surface area contributed by atoms with Crippen molar-refractivity contribution in [2.45, 2.75) is 6.54 Å². The zero-order chi connectivity index (χ0) is 19.0. The van der Waals surface area contributed by atoms with E-state index in [9.17, 15) is 9.18 Å². The summed E-state index contributed by atoms with van der Waals surface area (Å²) in [5.74, 6) is 0.599. The number of carbonyl (C=O) groups excluding carboxylic acids is 1. The van der Waals surface area contributed by atoms with Gasteiger partial charge in [-0.2, -0.15) is 0 Å². The van der Waals surface area contributed by atoms with Gasteiger partial charge in [-0.1, -0.05) is 0 Å². The van der Waals surface area contributed by atoms with E-state index < -0.39 is 0 Å². The van der Waals surface area contributed by atoms with Crippen LogP contribution in [-0.4, -0.2) is 51.4 Å². The SMILES string of the molecule is Cn1c(CN2CCN(C(=O)c3ccc(F)cc3)CC2)nc2cc(N)ccc21. The van der Waals surface area contributed by atoms with Crippen molar-refractivity contribution >= 4 is 22.6 Å². The number of hydrogen-bond acceptors (Lipinski definition) is 4. The molecule has 1 aliphatic rings. The second kappa shape index (κ2) is 7.00. The second-order valence-electron chi connectivity index (χ2n) is 6.91. The largest absolute Gasteiger partial charge is 0.399 e. The molecule has 1 aliphatic heterocycles. The lowest BCUT2D eigenvalue weighted by Gasteiger charge is -2.34. The molecule has 0 radical (unpaired) electrons. The highest BCUT2D eigenvalue weighted by atomic mass is 19.1. The van der Waals surface area contributed by atoms with E-state index in [1.54, 1.807) is 0 Å². The monoisotopic (exact) mass is 367 g/mol. The van der Waals surface area contributed by atoms with Crippen LogP contribution in [0.5, 0.6) is 0 Å². The molecule has 2 aromatic carbocycles. The first-order valence-corrected chi connectivity index (χ1v) is 8.99. The van der Waals surface area contributed by atoms with Gasteiger partial charge in [0.15, 0.2) is 0 Å². The highest BCUT2D eigenvalue weighted by Crippen LogP contribution is 2.19. The topological polar surface area (TPSA) is 67.4 Å². The average molecular weight is 367 g/mol. The van der Waals surface area contributed by atoms with Crippen LogP contribution >= 0.6 is 0 Å². The molecule has 27 heavy (non-hydrogen) atoms. The molecule has 3 aromatic rings. The maximum atomic E-state index is 13.0. The Balaban J connectivity index is 1.40. The Bertz CT molecular complexity index is 974. The molecule has 0 unspecified atom stereocenters. The second-order valence-corrected chi connectivity index (χ2v) is 6.91. The number of halogens is 1. The summed E-state index contributed by atoms with van der Waals surface area (Å²) >= 11 is 0. The van der Waals surface area contributed by atoms with Crippen molar-refractivity contribution in [2.75, 3.05) is 31.9 Å². The van der Waals surface area contributed by atoms with Crippen LogP contribution in [0.15, 0.2) is 42.5 Å². The van der Waals surface area contributed by atoms with Gasteiger partial charge in [-0.15, -0.1) is 0 Å². The number of carbonyl (C=O) groups is 1. The number of aryl methyl sites for hydroxylation is 1. The minimum absolute atomic E-state index is 0.0483. The third-order valence-corrected chi connectivity index (χ3v) is 5.11. The van der Waals surface area contributed by atoms with Crippen molar-refractivity contribution in [3.05, 3.63) is 59.7 Å². The number of nitrogens with zero attached hydrogens (tertiary/aromatic N) is 4. The Hall–Kier alpha value is -2.93. The molecule has 0 atom stereocenters. The molecule has 2 heterocycles. The Labute approximate surface area is 157 Å². The quantitative estimate of drug-likeness (QED) is 0.721. The van der Waals surface area contributed by atoms with Gasteiger partial charge < -0.3 is 15.2 Å². The minimum atomic E-state index is -0.333. The van der Waals surface area contributed by atoms with Crippen molar-refractivity contribution in [3.8, 4) is 0 Å². The average Bonchev–Trinajstić information content (AvgIpc) is 2.97. The standard InChI is InChI=1S/C20H22FN5O/c1-24-18-7-6-16(22)12-17(18)23-19(24)13-25-8-10-26(11-9-25)20(27)14-2-4-15(21)5-3-14/h2-7,12H,8-11,13,22H2,1H3. The summed E-state index contributed by atoms with van der Waals surface area (Å²) in [5, 5.41) is 0. The lowest BCUT2D eigenvalue weighted by atomic mass is 10.2. The summed E-state index contributed by atoms with van der Waals surface area (Å²) < 4.78 is 15.1. The number of fused-ring (bicyclic) bond motifs is 1. The van der Waals surface area contributed by atoms with Crippen LogP contribution in [0.4, 0.5) is 10.1 Å². The Kier molecular flexibility index (Phi) is 4.53. The van der Waals surface area contributed by atoms with E-state index in [-0.39, 0.29) is 11.7 Å². The van der Waals surface area contributed by atoms with Gasteiger partial charge in [0.2, 0.25) is 0 Å². The van der Waals surface area contributed by atoms with Gasteiger partial charge in [-0.05, 0) is 42.5 Å². The number of imidazole rings is 1. The van der Waals surface area contributed by atoms with Gasteiger partial charge in [0.25, 0.3) is 5.91 Å². The van der Waals surface area contributed by atoms with Crippen molar-refractivity contribution in [3.63, 3.8) is 0 Å². The molecule has 6 nitrogen and oxygen atoms in total. The van der Waals surface area contributed by atoms with E-state index in [0.29, 0.717) is 24.3 Å². The lowest BCUT2D eigenvalue weighted by molar-refractivity contribution is 0.0624. The van der Waals surface area contributed by atoms with E-state index in [4.69, 9.17) is 10.7 Å². The molecule has 0 saturated carbocycles. The maximum Gasteiger partial charge on any atom is 0.253 e. The van der Waals surface area contributed by atoms with Crippen LogP contribution in [-0.2, 0) is 13.6 Å². The van der Waals surface area contributed by atoms with Crippen molar-refractivity contribution in [1.29, 1.82) is 0 Å². The molecule has 4 rings (SSSR count). The number of rotatable bonds is 3. The zero-order valence-corrected chi connectivity index (χ0v) is 15.2. The first kappa shape index (κ1) is 17.5. The molecule has 2 N–H and O–H groups in total. The molecule has 7 heteroatoms. The van der Waals surface area contributed by atoms with Crippen molar-refractivity contribution < 1.29 is 9.18 Å². The number of benzene rings is 2. The highest BCUT2D eigenvalue weighted by molar-refractivity contribution is 5.94. The van der Waals surface area contributed by atoms with E-state index in [1.165, 1.54) is 24.3 Å². The smallest absolute Gasteiger partial charge is 0.253 e. The van der Waals surface area contributed by atoms with Crippen LogP contribution in [0.25, 0.3) is 11.0 Å². The number of nitrogen functional groups attached to an aromatic ring is 1. The predicted molar refractivity (Wildman–Crippen MR) is 103 cm³/mol. The molecule has 0 bridgehead atoms. The number of nitrogens with two attached hydrogens (primary N) is 1. The molecule has 1 fully saturated rings. The molecular weight excluding hydrogens is 345 g/mol. The highest BCUT2D eigenvalue weighted by Gasteiger charge is 2.23. The van der Waals surface area contributed by atoms with Crippen LogP contribution in [0.3, 0.4) is 0 Å². The normalized spacial score (nSPS) is 15.4. The number of aromatic nitrogens is 2. The summed E-state index contributed by atoms with van der Waals surface area (Å²) in [6, 6.07) is 11.5. The first-order chi connectivity index (χ1) is 13.0. The van der Waals surface area contributed by atoms with E-state index >= 15 is 0 Å². The molecule has 0 spiro atoms. The summed E-state index contributed by atoms with van der Waals surface area (Å²) in [7, 11) is 2.01. The van der Waals surface area contributed by atoms with Gasteiger partial charge in [-0.3, -0.25) is 9.69 Å². The number of hydrogen-bond donors (Lipinski definition) is 1. The zero-order valence-electron chi connectivity index (χ0n) is 15.2. The molecule has 140 valence electrons. The summed E-state index contributed by atoms with van der Waals surface area (Å²) in [4.78, 5) is 21.3. The van der Waals surface area contributed by atoms with Crippen molar-refractivity contribution in [1.82, 2.24) is 19.4 Å². The molecule has 1 saturated heterocycles. The summed E-state index contributed by atoms with van der Waals surface area (Å²) in [6.45, 7) is 3.57. The number of anilines is 1. The fourth-order valence-corrected chi connectivity index (χ4v) is 3.49. The Morgan fingerprint density at radius 2 is 1.81 bits per heavy atom.